The minimum absolute atomic E-state index is 0.102. The lowest BCUT2D eigenvalue weighted by atomic mass is 9.71. The average molecular weight is 717 g/mol. The summed E-state index contributed by atoms with van der Waals surface area (Å²) in [7, 11) is 0. The largest absolute Gasteiger partial charge is 0.480 e. The summed E-state index contributed by atoms with van der Waals surface area (Å²) in [6.07, 6.45) is 15.6. The van der Waals surface area contributed by atoms with Crippen molar-refractivity contribution in [3.8, 4) is 0 Å². The molecule has 0 aromatic heterocycles. The highest BCUT2D eigenvalue weighted by Gasteiger charge is 2.29. The van der Waals surface area contributed by atoms with E-state index in [1.165, 1.54) is 43.6 Å². The van der Waals surface area contributed by atoms with E-state index in [0.717, 1.165) is 51.4 Å². The molecule has 0 rings (SSSR count). The monoisotopic (exact) mass is 716 g/mol. The fraction of sp³-hybridized carbons (Fsp3) is 0.897. The number of aliphatic carboxylic acids is 1. The standard InChI is InChI=1S/C39H72O9S/c1-33(2)37(39(3,4)5)30-35(41)20-10-7-6-8-16-28-49-29-17-9-11-18-34(40)19-12-14-22-45-24-26-47-27-25-46-23-15-13-21-36(42)31-48-32-38(43)44/h33,37H,6-32H2,1-5H3,(H,43,44). The molecule has 0 aliphatic rings. The summed E-state index contributed by atoms with van der Waals surface area (Å²) < 4.78 is 21.3. The molecule has 288 valence electrons. The van der Waals surface area contributed by atoms with Crippen molar-refractivity contribution in [3.05, 3.63) is 0 Å². The van der Waals surface area contributed by atoms with Gasteiger partial charge in [0.15, 0.2) is 5.78 Å². The van der Waals surface area contributed by atoms with Crippen LogP contribution in [0.1, 0.15) is 144 Å². The molecule has 1 atom stereocenters. The first kappa shape index (κ1) is 47.7. The quantitative estimate of drug-likeness (QED) is 0.0626. The molecule has 0 spiro atoms. The van der Waals surface area contributed by atoms with Gasteiger partial charge < -0.3 is 24.1 Å². The fourth-order valence-corrected chi connectivity index (χ4v) is 6.82. The number of carboxylic acids is 1. The van der Waals surface area contributed by atoms with Gasteiger partial charge in [-0.1, -0.05) is 60.3 Å². The Morgan fingerprint density at radius 3 is 1.47 bits per heavy atom. The molecule has 0 radical (unpaired) electrons. The summed E-state index contributed by atoms with van der Waals surface area (Å²) in [5.74, 6) is 3.03. The van der Waals surface area contributed by atoms with Crippen molar-refractivity contribution >= 4 is 35.1 Å². The zero-order chi connectivity index (χ0) is 36.6. The molecule has 10 heteroatoms. The normalized spacial score (nSPS) is 12.4. The van der Waals surface area contributed by atoms with Gasteiger partial charge in [-0.05, 0) is 80.1 Å². The number of ether oxygens (including phenoxy) is 4. The highest BCUT2D eigenvalue weighted by molar-refractivity contribution is 7.99. The fourth-order valence-electron chi connectivity index (χ4n) is 5.79. The van der Waals surface area contributed by atoms with Gasteiger partial charge in [0, 0.05) is 45.3 Å². The first-order valence-corrected chi connectivity index (χ1v) is 20.2. The van der Waals surface area contributed by atoms with Crippen molar-refractivity contribution in [1.82, 2.24) is 0 Å². The van der Waals surface area contributed by atoms with Crippen molar-refractivity contribution in [2.24, 2.45) is 17.3 Å². The number of hydrogen-bond donors (Lipinski definition) is 1. The summed E-state index contributed by atoms with van der Waals surface area (Å²) in [5.41, 5.74) is 0.190. The van der Waals surface area contributed by atoms with E-state index >= 15 is 0 Å². The van der Waals surface area contributed by atoms with E-state index in [-0.39, 0.29) is 17.8 Å². The molecule has 9 nitrogen and oxygen atoms in total. The van der Waals surface area contributed by atoms with Crippen molar-refractivity contribution in [1.29, 1.82) is 0 Å². The Bertz CT molecular complexity index is 841. The van der Waals surface area contributed by atoms with E-state index in [1.807, 2.05) is 11.8 Å². The lowest BCUT2D eigenvalue weighted by Gasteiger charge is -2.33. The van der Waals surface area contributed by atoms with Gasteiger partial charge >= 0.3 is 5.97 Å². The van der Waals surface area contributed by atoms with Crippen LogP contribution in [0.3, 0.4) is 0 Å². The van der Waals surface area contributed by atoms with Gasteiger partial charge in [-0.15, -0.1) is 0 Å². The Balaban J connectivity index is 3.36. The Morgan fingerprint density at radius 2 is 0.959 bits per heavy atom. The molecule has 49 heavy (non-hydrogen) atoms. The van der Waals surface area contributed by atoms with E-state index in [1.54, 1.807) is 0 Å². The number of carbonyl (C=O) groups is 4. The van der Waals surface area contributed by atoms with Crippen LogP contribution < -0.4 is 0 Å². The number of rotatable bonds is 37. The third-order valence-corrected chi connectivity index (χ3v) is 9.73. The molecule has 0 bridgehead atoms. The van der Waals surface area contributed by atoms with E-state index in [4.69, 9.17) is 24.1 Å². The lowest BCUT2D eigenvalue weighted by molar-refractivity contribution is -0.143. The number of ketones is 3. The van der Waals surface area contributed by atoms with Crippen molar-refractivity contribution in [2.45, 2.75) is 144 Å². The molecule has 0 aromatic rings. The van der Waals surface area contributed by atoms with Gasteiger partial charge in [0.1, 0.15) is 24.8 Å². The topological polar surface area (TPSA) is 125 Å². The Hall–Kier alpha value is -1.33. The average Bonchev–Trinajstić information content (AvgIpc) is 3.03. The maximum absolute atomic E-state index is 12.5. The first-order chi connectivity index (χ1) is 23.4. The van der Waals surface area contributed by atoms with E-state index < -0.39 is 12.6 Å². The van der Waals surface area contributed by atoms with Crippen LogP contribution >= 0.6 is 11.8 Å². The zero-order valence-electron chi connectivity index (χ0n) is 31.9. The van der Waals surface area contributed by atoms with Gasteiger partial charge in [0.05, 0.1) is 26.4 Å². The Morgan fingerprint density at radius 1 is 0.531 bits per heavy atom. The molecule has 0 aliphatic carbocycles. The molecule has 1 N–H and O–H groups in total. The maximum atomic E-state index is 12.5. The van der Waals surface area contributed by atoms with Gasteiger partial charge in [-0.3, -0.25) is 14.4 Å². The number of thioether (sulfide) groups is 1. The Kier molecular flexibility index (Phi) is 31.7. The maximum Gasteiger partial charge on any atom is 0.329 e. The molecular weight excluding hydrogens is 644 g/mol. The number of Topliss-reactive ketones (excluding diaryl/α,β-unsaturated/α-hetero) is 3. The Labute approximate surface area is 303 Å². The second kappa shape index (κ2) is 32.6. The summed E-state index contributed by atoms with van der Waals surface area (Å²) in [4.78, 5) is 46.5. The molecule has 0 saturated heterocycles. The summed E-state index contributed by atoms with van der Waals surface area (Å²) >= 11 is 2.03. The third kappa shape index (κ3) is 33.6. The van der Waals surface area contributed by atoms with Crippen LogP contribution in [0.5, 0.6) is 0 Å². The zero-order valence-corrected chi connectivity index (χ0v) is 32.7. The third-order valence-electron chi connectivity index (χ3n) is 8.57. The molecular formula is C39H72O9S. The summed E-state index contributed by atoms with van der Waals surface area (Å²) in [5, 5.41) is 8.46. The second-order valence-corrected chi connectivity index (χ2v) is 15.8. The highest BCUT2D eigenvalue weighted by atomic mass is 32.2. The van der Waals surface area contributed by atoms with E-state index in [0.29, 0.717) is 88.7 Å². The first-order valence-electron chi connectivity index (χ1n) is 19.1. The van der Waals surface area contributed by atoms with Crippen LogP contribution in [0.4, 0.5) is 0 Å². The highest BCUT2D eigenvalue weighted by Crippen LogP contribution is 2.35. The predicted molar refractivity (Wildman–Crippen MR) is 200 cm³/mol. The van der Waals surface area contributed by atoms with Crippen molar-refractivity contribution < 1.29 is 43.2 Å². The SMILES string of the molecule is CC(C)C(CC(=O)CCCCCCCSCCCCCC(=O)CCCCOCCOCCOCCCCC(=O)COCC(=O)O)C(C)(C)C. The smallest absolute Gasteiger partial charge is 0.329 e. The lowest BCUT2D eigenvalue weighted by Crippen LogP contribution is -2.27. The molecule has 0 aliphatic heterocycles. The van der Waals surface area contributed by atoms with Crippen molar-refractivity contribution in [2.75, 3.05) is 64.4 Å². The van der Waals surface area contributed by atoms with Crippen LogP contribution in [0, 0.1) is 17.3 Å². The molecule has 0 saturated carbocycles. The molecule has 0 fully saturated rings. The summed E-state index contributed by atoms with van der Waals surface area (Å²) in [6.45, 7) is 13.8. The number of carboxylic acid groups (broad SMARTS) is 1. The minimum atomic E-state index is -1.08. The number of unbranched alkanes of at least 4 members (excludes halogenated alkanes) is 8. The summed E-state index contributed by atoms with van der Waals surface area (Å²) in [6, 6.07) is 0. The van der Waals surface area contributed by atoms with Crippen LogP contribution in [0.15, 0.2) is 0 Å². The van der Waals surface area contributed by atoms with Gasteiger partial charge in [-0.2, -0.15) is 11.8 Å². The number of hydrogen-bond acceptors (Lipinski definition) is 9. The van der Waals surface area contributed by atoms with Crippen LogP contribution in [-0.2, 0) is 38.1 Å². The van der Waals surface area contributed by atoms with Crippen LogP contribution in [-0.4, -0.2) is 92.8 Å². The molecule has 0 amide bonds. The van der Waals surface area contributed by atoms with Gasteiger partial charge in [0.2, 0.25) is 0 Å². The van der Waals surface area contributed by atoms with Crippen LogP contribution in [0.2, 0.25) is 0 Å². The molecule has 0 aromatic carbocycles. The van der Waals surface area contributed by atoms with E-state index in [2.05, 4.69) is 34.6 Å². The van der Waals surface area contributed by atoms with Gasteiger partial charge in [-0.25, -0.2) is 4.79 Å². The van der Waals surface area contributed by atoms with Gasteiger partial charge in [0.25, 0.3) is 0 Å². The molecule has 1 unspecified atom stereocenters. The van der Waals surface area contributed by atoms with E-state index in [9.17, 15) is 19.2 Å². The number of carbonyl (C=O) groups excluding carboxylic acids is 3. The minimum Gasteiger partial charge on any atom is -0.480 e. The predicted octanol–water partition coefficient (Wildman–Crippen LogP) is 8.53. The van der Waals surface area contributed by atoms with Crippen molar-refractivity contribution in [3.63, 3.8) is 0 Å². The molecule has 0 heterocycles. The van der Waals surface area contributed by atoms with Crippen LogP contribution in [0.25, 0.3) is 0 Å². The second-order valence-electron chi connectivity index (χ2n) is 14.6.